The zero-order valence-electron chi connectivity index (χ0n) is 11.5. The van der Waals surface area contributed by atoms with Crippen LogP contribution in [0, 0.1) is 0 Å². The zero-order chi connectivity index (χ0) is 13.1. The van der Waals surface area contributed by atoms with Gasteiger partial charge in [0.15, 0.2) is 0 Å². The SMILES string of the molecule is CCCC/C=C(\[Se]c1ccccc1)[Te]CCCC. The van der Waals surface area contributed by atoms with Crippen LogP contribution in [0.1, 0.15) is 46.0 Å². The van der Waals surface area contributed by atoms with E-state index in [2.05, 4.69) is 50.3 Å². The van der Waals surface area contributed by atoms with Crippen LogP contribution in [0.4, 0.5) is 0 Å². The van der Waals surface area contributed by atoms with Gasteiger partial charge in [0.05, 0.1) is 0 Å². The molecule has 0 aliphatic rings. The van der Waals surface area contributed by atoms with Crippen LogP contribution in [0.2, 0.25) is 4.47 Å². The molecule has 0 radical (unpaired) electrons. The van der Waals surface area contributed by atoms with E-state index in [4.69, 9.17) is 0 Å². The second kappa shape index (κ2) is 11.1. The van der Waals surface area contributed by atoms with Crippen LogP contribution in [0.5, 0.6) is 0 Å². The Bertz CT molecular complexity index is 332. The van der Waals surface area contributed by atoms with Crippen LogP contribution < -0.4 is 4.46 Å². The molecule has 0 bridgehead atoms. The van der Waals surface area contributed by atoms with Gasteiger partial charge in [0.1, 0.15) is 0 Å². The Balaban J connectivity index is 2.50. The van der Waals surface area contributed by atoms with Crippen LogP contribution in [-0.2, 0) is 0 Å². The molecule has 0 aliphatic carbocycles. The second-order valence-electron chi connectivity index (χ2n) is 4.28. The van der Waals surface area contributed by atoms with Gasteiger partial charge >= 0.3 is 130 Å². The molecule has 0 spiro atoms. The molecule has 1 aromatic carbocycles. The summed E-state index contributed by atoms with van der Waals surface area (Å²) in [5.41, 5.74) is 0. The molecule has 1 rings (SSSR count). The third-order valence-corrected chi connectivity index (χ3v) is 10.00. The first-order valence-electron chi connectivity index (χ1n) is 6.92. The van der Waals surface area contributed by atoms with Crippen LogP contribution >= 0.6 is 0 Å². The molecule has 0 fully saturated rings. The Morgan fingerprint density at radius 3 is 2.50 bits per heavy atom. The van der Waals surface area contributed by atoms with Crippen molar-refractivity contribution in [2.45, 2.75) is 50.4 Å². The summed E-state index contributed by atoms with van der Waals surface area (Å²) in [6.45, 7) is 4.58. The molecule has 2 heteroatoms. The van der Waals surface area contributed by atoms with Crippen LogP contribution in [0.25, 0.3) is 0 Å². The molecule has 0 unspecified atom stereocenters. The van der Waals surface area contributed by atoms with E-state index in [1.807, 2.05) is 2.52 Å². The first-order chi connectivity index (χ1) is 8.86. The fraction of sp³-hybridized carbons (Fsp3) is 0.500. The van der Waals surface area contributed by atoms with Crippen LogP contribution in [0.15, 0.2) is 38.9 Å². The van der Waals surface area contributed by atoms with Gasteiger partial charge in [-0.15, -0.1) is 0 Å². The molecular weight excluding hydrogens is 399 g/mol. The van der Waals surface area contributed by atoms with E-state index >= 15 is 0 Å². The van der Waals surface area contributed by atoms with Crippen molar-refractivity contribution in [2.24, 2.45) is 0 Å². The van der Waals surface area contributed by atoms with Gasteiger partial charge in [-0.25, -0.2) is 0 Å². The average Bonchev–Trinajstić information content (AvgIpc) is 2.40. The van der Waals surface area contributed by atoms with Gasteiger partial charge in [0, 0.05) is 0 Å². The summed E-state index contributed by atoms with van der Waals surface area (Å²) in [7, 11) is 0. The third-order valence-electron chi connectivity index (χ3n) is 2.57. The molecule has 0 amide bonds. The van der Waals surface area contributed by atoms with E-state index in [9.17, 15) is 0 Å². The van der Waals surface area contributed by atoms with E-state index in [1.54, 1.807) is 4.46 Å². The van der Waals surface area contributed by atoms with Gasteiger partial charge in [-0.1, -0.05) is 0 Å². The van der Waals surface area contributed by atoms with Crippen molar-refractivity contribution < 1.29 is 0 Å². The topological polar surface area (TPSA) is 0 Å². The Labute approximate surface area is 129 Å². The standard InChI is InChI=1S/C16H24SeTe/c1-3-5-8-13-16(18-14-6-4-2)17-15-11-9-7-10-12-15/h7,9-13H,3-6,8,14H2,1-2H3/b16-13+. The molecule has 0 aliphatic heterocycles. The summed E-state index contributed by atoms with van der Waals surface area (Å²) in [5, 5.41) is 0. The Kier molecular flexibility index (Phi) is 10.1. The van der Waals surface area contributed by atoms with Crippen molar-refractivity contribution in [2.75, 3.05) is 0 Å². The summed E-state index contributed by atoms with van der Waals surface area (Å²) >= 11 is 0.716. The second-order valence-corrected chi connectivity index (χ2v) is 11.7. The van der Waals surface area contributed by atoms with Crippen molar-refractivity contribution >= 4 is 40.3 Å². The van der Waals surface area contributed by atoms with E-state index in [0.29, 0.717) is 15.0 Å². The molecule has 0 N–H and O–H groups in total. The number of hydrogen-bond donors (Lipinski definition) is 0. The van der Waals surface area contributed by atoms with Gasteiger partial charge in [0.25, 0.3) is 0 Å². The molecule has 18 heavy (non-hydrogen) atoms. The van der Waals surface area contributed by atoms with Gasteiger partial charge < -0.3 is 0 Å². The van der Waals surface area contributed by atoms with Crippen molar-refractivity contribution in [3.8, 4) is 0 Å². The van der Waals surface area contributed by atoms with Crippen molar-refractivity contribution in [3.63, 3.8) is 0 Å². The molecule has 0 aromatic heterocycles. The summed E-state index contributed by atoms with van der Waals surface area (Å²) in [6, 6.07) is 11.1. The van der Waals surface area contributed by atoms with Gasteiger partial charge in [-0.3, -0.25) is 0 Å². The van der Waals surface area contributed by atoms with E-state index in [1.165, 1.54) is 36.6 Å². The first-order valence-corrected chi connectivity index (χ1v) is 11.4. The van der Waals surface area contributed by atoms with Crippen molar-refractivity contribution in [3.05, 3.63) is 38.9 Å². The third kappa shape index (κ3) is 7.65. The molecule has 0 nitrogen and oxygen atoms in total. The maximum atomic E-state index is 2.58. The number of allylic oxidation sites excluding steroid dienone is 1. The molecule has 0 atom stereocenters. The van der Waals surface area contributed by atoms with Gasteiger partial charge in [0.2, 0.25) is 0 Å². The van der Waals surface area contributed by atoms with Crippen molar-refractivity contribution in [1.82, 2.24) is 0 Å². The summed E-state index contributed by atoms with van der Waals surface area (Å²) < 4.78 is 4.88. The number of rotatable bonds is 9. The Hall–Kier alpha value is 0.269. The average molecular weight is 423 g/mol. The van der Waals surface area contributed by atoms with E-state index in [0.717, 1.165) is 0 Å². The minimum absolute atomic E-state index is 0.113. The predicted octanol–water partition coefficient (Wildman–Crippen LogP) is 3.97. The predicted molar refractivity (Wildman–Crippen MR) is 84.9 cm³/mol. The summed E-state index contributed by atoms with van der Waals surface area (Å²) in [5.74, 6) is 0. The zero-order valence-corrected chi connectivity index (χ0v) is 15.6. The molecule has 0 saturated heterocycles. The molecular formula is C16H24SeTe. The van der Waals surface area contributed by atoms with Crippen LogP contribution in [-0.4, -0.2) is 35.9 Å². The molecule has 0 heterocycles. The number of benzene rings is 1. The Morgan fingerprint density at radius 1 is 1.11 bits per heavy atom. The molecule has 0 saturated carbocycles. The number of hydrogen-bond acceptors (Lipinski definition) is 0. The first kappa shape index (κ1) is 16.3. The van der Waals surface area contributed by atoms with E-state index < -0.39 is 0 Å². The van der Waals surface area contributed by atoms with E-state index in [-0.39, 0.29) is 20.9 Å². The summed E-state index contributed by atoms with van der Waals surface area (Å²) in [4.78, 5) is 0. The quantitative estimate of drug-likeness (QED) is 0.417. The number of unbranched alkanes of at least 4 members (excludes halogenated alkanes) is 3. The molecule has 1 aromatic rings. The monoisotopic (exact) mass is 426 g/mol. The van der Waals surface area contributed by atoms with Crippen molar-refractivity contribution in [1.29, 1.82) is 0 Å². The minimum atomic E-state index is 0.113. The fourth-order valence-electron chi connectivity index (χ4n) is 1.48. The Morgan fingerprint density at radius 2 is 1.83 bits per heavy atom. The van der Waals surface area contributed by atoms with Gasteiger partial charge in [-0.2, -0.15) is 0 Å². The van der Waals surface area contributed by atoms with Crippen LogP contribution in [0.3, 0.4) is 0 Å². The molecule has 100 valence electrons. The fourth-order valence-corrected chi connectivity index (χ4v) is 9.08. The van der Waals surface area contributed by atoms with Gasteiger partial charge in [-0.05, 0) is 0 Å². The maximum absolute atomic E-state index is 2.58. The normalized spacial score (nSPS) is 11.8. The summed E-state index contributed by atoms with van der Waals surface area (Å²) in [6.07, 6.45) is 9.34.